The number of halogens is 1. The second-order valence-corrected chi connectivity index (χ2v) is 11.3. The van der Waals surface area contributed by atoms with Crippen molar-refractivity contribution in [3.63, 3.8) is 0 Å². The van der Waals surface area contributed by atoms with Crippen molar-refractivity contribution in [2.75, 3.05) is 31.1 Å². The van der Waals surface area contributed by atoms with Crippen LogP contribution in [0, 0.1) is 11.8 Å². The van der Waals surface area contributed by atoms with Crippen LogP contribution < -0.4 is 26.5 Å². The molecule has 2 aromatic rings. The maximum absolute atomic E-state index is 12.8. The van der Waals surface area contributed by atoms with E-state index >= 15 is 0 Å². The van der Waals surface area contributed by atoms with E-state index in [2.05, 4.69) is 52.4 Å². The molecule has 5 nitrogen and oxygen atoms in total. The van der Waals surface area contributed by atoms with Gasteiger partial charge in [0.15, 0.2) is 0 Å². The molecule has 3 rings (SSSR count). The molecule has 1 aliphatic heterocycles. The van der Waals surface area contributed by atoms with Crippen molar-refractivity contribution in [3.05, 3.63) is 71.8 Å². The second-order valence-electron chi connectivity index (χ2n) is 8.33. The van der Waals surface area contributed by atoms with Crippen molar-refractivity contribution in [2.24, 2.45) is 11.8 Å². The summed E-state index contributed by atoms with van der Waals surface area (Å²) in [5.74, 6) is -0.949. The van der Waals surface area contributed by atoms with Crippen LogP contribution in [0.5, 0.6) is 0 Å². The number of carbonyl (C=O) groups is 2. The SMILES string of the molecule is C[I-]C1(c2ccccc2)CCN(CC(Cc2ccccc2)C(=O)NCC(=O)O)C[C@@H]1C. The zero-order chi connectivity index (χ0) is 22.3. The van der Waals surface area contributed by atoms with Crippen LogP contribution in [0.1, 0.15) is 24.5 Å². The Bertz CT molecular complexity index is 862. The Labute approximate surface area is 195 Å². The van der Waals surface area contributed by atoms with Crippen molar-refractivity contribution in [2.45, 2.75) is 23.2 Å². The summed E-state index contributed by atoms with van der Waals surface area (Å²) in [4.78, 5) is 28.5. The molecule has 168 valence electrons. The van der Waals surface area contributed by atoms with Gasteiger partial charge in [0, 0.05) is 0 Å². The van der Waals surface area contributed by atoms with Gasteiger partial charge in [-0.05, 0) is 0 Å². The van der Waals surface area contributed by atoms with Crippen molar-refractivity contribution < 1.29 is 35.9 Å². The number of amides is 1. The van der Waals surface area contributed by atoms with Crippen molar-refractivity contribution >= 4 is 11.9 Å². The van der Waals surface area contributed by atoms with Crippen LogP contribution in [0.15, 0.2) is 60.7 Å². The summed E-state index contributed by atoms with van der Waals surface area (Å²) in [6.45, 7) is 4.58. The number of hydrogen-bond donors (Lipinski definition) is 2. The van der Waals surface area contributed by atoms with Crippen LogP contribution in [0.3, 0.4) is 0 Å². The van der Waals surface area contributed by atoms with Gasteiger partial charge in [-0.1, -0.05) is 0 Å². The maximum atomic E-state index is 12.8. The van der Waals surface area contributed by atoms with Crippen molar-refractivity contribution in [1.82, 2.24) is 10.2 Å². The third-order valence-electron chi connectivity index (χ3n) is 6.28. The molecule has 2 aromatic carbocycles. The standard InChI is InChI=1S/C25H32IN2O3/c1-19-17-28(14-13-25(19,26-2)22-11-7-4-8-12-22)18-21(24(31)27-16-23(29)30)15-20-9-5-3-6-10-20/h3-12,19,21H,13-18H2,1-2H3,(H,27,31)(H,29,30)/q-1/t19-,21?,25?/m0/s1. The van der Waals surface area contributed by atoms with E-state index in [0.29, 0.717) is 18.9 Å². The van der Waals surface area contributed by atoms with Crippen LogP contribution >= 0.6 is 0 Å². The molecule has 3 atom stereocenters. The fourth-order valence-corrected chi connectivity index (χ4v) is 7.67. The summed E-state index contributed by atoms with van der Waals surface area (Å²) in [7, 11) is 0. The van der Waals surface area contributed by atoms with E-state index in [9.17, 15) is 9.59 Å². The number of rotatable bonds is 9. The van der Waals surface area contributed by atoms with E-state index in [4.69, 9.17) is 5.11 Å². The van der Waals surface area contributed by atoms with E-state index in [1.54, 1.807) is 0 Å². The molecule has 31 heavy (non-hydrogen) atoms. The molecule has 1 aliphatic rings. The minimum absolute atomic E-state index is 0.00208. The van der Waals surface area contributed by atoms with E-state index < -0.39 is 5.97 Å². The van der Waals surface area contributed by atoms with E-state index in [1.807, 2.05) is 30.3 Å². The Hall–Kier alpha value is -1.93. The summed E-state index contributed by atoms with van der Waals surface area (Å²) >= 11 is 0.00208. The normalized spacial score (nSPS) is 22.7. The Kier molecular flexibility index (Phi) is 8.49. The molecule has 0 aliphatic carbocycles. The summed E-state index contributed by atoms with van der Waals surface area (Å²) in [5.41, 5.74) is 2.55. The number of nitrogens with one attached hydrogen (secondary N) is 1. The molecular weight excluding hydrogens is 503 g/mol. The van der Waals surface area contributed by atoms with Gasteiger partial charge in [0.25, 0.3) is 0 Å². The van der Waals surface area contributed by atoms with Crippen LogP contribution in [-0.4, -0.2) is 53.0 Å². The first-order valence-electron chi connectivity index (χ1n) is 10.8. The number of benzene rings is 2. The number of alkyl halides is 2. The monoisotopic (exact) mass is 535 g/mol. The number of carboxylic acid groups (broad SMARTS) is 1. The summed E-state index contributed by atoms with van der Waals surface area (Å²) in [6.07, 6.45) is 1.72. The van der Waals surface area contributed by atoms with Gasteiger partial charge in [0.05, 0.1) is 0 Å². The minimum atomic E-state index is -1.02. The number of piperidine rings is 1. The van der Waals surface area contributed by atoms with E-state index in [0.717, 1.165) is 25.1 Å². The third kappa shape index (κ3) is 6.07. The molecular formula is C25H32IN2O3-. The van der Waals surface area contributed by atoms with Crippen molar-refractivity contribution in [3.8, 4) is 0 Å². The number of nitrogens with zero attached hydrogens (tertiary/aromatic N) is 1. The molecule has 2 unspecified atom stereocenters. The Morgan fingerprint density at radius 2 is 1.81 bits per heavy atom. The molecule has 0 bridgehead atoms. The number of hydrogen-bond acceptors (Lipinski definition) is 3. The molecule has 1 saturated heterocycles. The zero-order valence-corrected chi connectivity index (χ0v) is 20.4. The van der Waals surface area contributed by atoms with Crippen LogP contribution in [0.4, 0.5) is 0 Å². The second kappa shape index (κ2) is 11.1. The van der Waals surface area contributed by atoms with Gasteiger partial charge in [-0.3, -0.25) is 0 Å². The zero-order valence-electron chi connectivity index (χ0n) is 18.3. The predicted molar refractivity (Wildman–Crippen MR) is 119 cm³/mol. The van der Waals surface area contributed by atoms with Gasteiger partial charge >= 0.3 is 196 Å². The molecule has 2 N–H and O–H groups in total. The topological polar surface area (TPSA) is 69.6 Å². The first kappa shape index (κ1) is 23.7. The summed E-state index contributed by atoms with van der Waals surface area (Å²) in [5, 5.41) is 11.6. The average Bonchev–Trinajstić information content (AvgIpc) is 2.79. The molecule has 0 radical (unpaired) electrons. The van der Waals surface area contributed by atoms with E-state index in [-0.39, 0.29) is 43.0 Å². The number of carboxylic acids is 1. The molecule has 0 spiro atoms. The Morgan fingerprint density at radius 1 is 1.16 bits per heavy atom. The molecule has 1 amide bonds. The van der Waals surface area contributed by atoms with Crippen molar-refractivity contribution in [1.29, 1.82) is 0 Å². The quantitative estimate of drug-likeness (QED) is 0.351. The Balaban J connectivity index is 1.71. The molecule has 6 heteroatoms. The van der Waals surface area contributed by atoms with Gasteiger partial charge in [0.1, 0.15) is 0 Å². The third-order valence-corrected chi connectivity index (χ3v) is 10.4. The molecule has 0 saturated carbocycles. The van der Waals surface area contributed by atoms with Crippen LogP contribution in [0.2, 0.25) is 0 Å². The molecule has 1 heterocycles. The molecule has 1 fully saturated rings. The number of likely N-dealkylation sites (tertiary alicyclic amines) is 1. The Morgan fingerprint density at radius 3 is 2.39 bits per heavy atom. The van der Waals surface area contributed by atoms with Crippen LogP contribution in [0.25, 0.3) is 0 Å². The molecule has 0 aromatic heterocycles. The first-order valence-corrected chi connectivity index (χ1v) is 14.0. The first-order chi connectivity index (χ1) is 14.9. The fourth-order valence-electron chi connectivity index (χ4n) is 4.65. The van der Waals surface area contributed by atoms with Gasteiger partial charge in [-0.2, -0.15) is 0 Å². The van der Waals surface area contributed by atoms with Gasteiger partial charge in [0.2, 0.25) is 0 Å². The van der Waals surface area contributed by atoms with Gasteiger partial charge in [-0.25, -0.2) is 0 Å². The van der Waals surface area contributed by atoms with Crippen LogP contribution in [-0.2, 0) is 19.4 Å². The number of aliphatic carboxylic acids is 1. The summed E-state index contributed by atoms with van der Waals surface area (Å²) < 4.78 is 0.275. The number of carbonyl (C=O) groups excluding carboxylic acids is 1. The predicted octanol–water partition coefficient (Wildman–Crippen LogP) is 0.00220. The van der Waals surface area contributed by atoms with E-state index in [1.165, 1.54) is 5.56 Å². The fraction of sp³-hybridized carbons (Fsp3) is 0.440. The van der Waals surface area contributed by atoms with Gasteiger partial charge < -0.3 is 0 Å². The summed E-state index contributed by atoms with van der Waals surface area (Å²) in [6, 6.07) is 20.9. The van der Waals surface area contributed by atoms with Gasteiger partial charge in [-0.15, -0.1) is 0 Å². The average molecular weight is 535 g/mol.